The zero-order chi connectivity index (χ0) is 15.2. The summed E-state index contributed by atoms with van der Waals surface area (Å²) in [7, 11) is 0. The van der Waals surface area contributed by atoms with Crippen molar-refractivity contribution < 1.29 is 9.53 Å². The Balaban J connectivity index is 2.03. The third kappa shape index (κ3) is 4.19. The number of nitrogens with two attached hydrogens (primary N) is 1. The molecule has 0 saturated heterocycles. The molecule has 0 spiro atoms. The van der Waals surface area contributed by atoms with Crippen LogP contribution < -0.4 is 5.73 Å². The van der Waals surface area contributed by atoms with Gasteiger partial charge in [0.25, 0.3) is 0 Å². The Morgan fingerprint density at radius 2 is 2.05 bits per heavy atom. The maximum atomic E-state index is 11.6. The average Bonchev–Trinajstić information content (AvgIpc) is 2.47. The van der Waals surface area contributed by atoms with E-state index < -0.39 is 5.97 Å². The fourth-order valence-electron chi connectivity index (χ4n) is 1.65. The summed E-state index contributed by atoms with van der Waals surface area (Å²) in [4.78, 5) is 21.1. The summed E-state index contributed by atoms with van der Waals surface area (Å²) in [5.74, 6) is 0.845. The van der Waals surface area contributed by atoms with Crippen LogP contribution in [0.1, 0.15) is 28.7 Å². The van der Waals surface area contributed by atoms with E-state index in [0.29, 0.717) is 18.2 Å². The van der Waals surface area contributed by atoms with Crippen molar-refractivity contribution in [3.63, 3.8) is 0 Å². The van der Waals surface area contributed by atoms with E-state index in [2.05, 4.69) is 34.2 Å². The number of thioether (sulfide) groups is 1. The number of nitrogens with zero attached hydrogens (tertiary/aromatic N) is 2. The summed E-state index contributed by atoms with van der Waals surface area (Å²) in [6.45, 7) is 4.08. The molecule has 0 unspecified atom stereocenters. The summed E-state index contributed by atoms with van der Waals surface area (Å²) in [5, 5.41) is 0. The minimum Gasteiger partial charge on any atom is -0.462 e. The van der Waals surface area contributed by atoms with E-state index in [1.807, 2.05) is 6.92 Å². The van der Waals surface area contributed by atoms with Crippen molar-refractivity contribution in [3.05, 3.63) is 47.4 Å². The molecule has 0 amide bonds. The average molecular weight is 303 g/mol. The summed E-state index contributed by atoms with van der Waals surface area (Å²) >= 11 is 1.62. The van der Waals surface area contributed by atoms with Gasteiger partial charge in [-0.1, -0.05) is 17.7 Å². The number of aromatic nitrogens is 2. The van der Waals surface area contributed by atoms with Crippen LogP contribution in [0.5, 0.6) is 0 Å². The molecule has 1 aromatic heterocycles. The fourth-order valence-corrected chi connectivity index (χ4v) is 2.41. The van der Waals surface area contributed by atoms with Crippen LogP contribution in [0.25, 0.3) is 0 Å². The third-order valence-corrected chi connectivity index (χ3v) is 3.76. The van der Waals surface area contributed by atoms with Crippen molar-refractivity contribution in [3.8, 4) is 0 Å². The molecule has 0 aliphatic carbocycles. The number of aryl methyl sites for hydroxylation is 1. The van der Waals surface area contributed by atoms with E-state index >= 15 is 0 Å². The van der Waals surface area contributed by atoms with Crippen LogP contribution in [-0.4, -0.2) is 22.5 Å². The lowest BCUT2D eigenvalue weighted by Crippen LogP contribution is -2.11. The zero-order valence-corrected chi connectivity index (χ0v) is 12.8. The Bertz CT molecular complexity index is 629. The molecule has 2 rings (SSSR count). The summed E-state index contributed by atoms with van der Waals surface area (Å²) in [5.41, 5.74) is 7.21. The second kappa shape index (κ2) is 7.08. The minimum atomic E-state index is -0.493. The molecule has 0 aliphatic rings. The molecule has 21 heavy (non-hydrogen) atoms. The van der Waals surface area contributed by atoms with Crippen LogP contribution in [0.4, 0.5) is 5.82 Å². The number of rotatable bonds is 5. The lowest BCUT2D eigenvalue weighted by Gasteiger charge is -2.06. The Hall–Kier alpha value is -2.08. The van der Waals surface area contributed by atoms with Crippen LogP contribution >= 0.6 is 11.8 Å². The number of nitrogen functional groups attached to an aromatic ring is 1. The van der Waals surface area contributed by atoms with E-state index in [0.717, 1.165) is 4.90 Å². The first-order valence-corrected chi connectivity index (χ1v) is 7.56. The van der Waals surface area contributed by atoms with Gasteiger partial charge in [0.1, 0.15) is 17.2 Å². The number of carbonyl (C=O) groups is 1. The highest BCUT2D eigenvalue weighted by Gasteiger charge is 2.13. The number of benzene rings is 1. The van der Waals surface area contributed by atoms with Crippen molar-refractivity contribution in [2.24, 2.45) is 0 Å². The second-order valence-electron chi connectivity index (χ2n) is 4.41. The smallest absolute Gasteiger partial charge is 0.343 e. The predicted molar refractivity (Wildman–Crippen MR) is 83.1 cm³/mol. The van der Waals surface area contributed by atoms with Gasteiger partial charge in [0.15, 0.2) is 0 Å². The molecule has 110 valence electrons. The largest absolute Gasteiger partial charge is 0.462 e. The molecular formula is C15H17N3O2S. The van der Waals surface area contributed by atoms with Crippen molar-refractivity contribution in [1.29, 1.82) is 0 Å². The number of anilines is 1. The molecule has 2 N–H and O–H groups in total. The molecular weight excluding hydrogens is 286 g/mol. The first-order valence-electron chi connectivity index (χ1n) is 6.58. The number of esters is 1. The van der Waals surface area contributed by atoms with Crippen LogP contribution in [0.2, 0.25) is 0 Å². The molecule has 0 radical (unpaired) electrons. The highest BCUT2D eigenvalue weighted by atomic mass is 32.2. The van der Waals surface area contributed by atoms with Gasteiger partial charge in [-0.2, -0.15) is 0 Å². The topological polar surface area (TPSA) is 78.1 Å². The van der Waals surface area contributed by atoms with Gasteiger partial charge in [-0.05, 0) is 26.0 Å². The summed E-state index contributed by atoms with van der Waals surface area (Å²) in [6.07, 6.45) is 1.42. The van der Waals surface area contributed by atoms with E-state index in [1.165, 1.54) is 11.8 Å². The van der Waals surface area contributed by atoms with E-state index in [4.69, 9.17) is 10.5 Å². The molecule has 0 bridgehead atoms. The standard InChI is InChI=1S/C15H17N3O2S/c1-3-20-15(19)12-8-17-13(18-14(12)16)9-21-11-6-4-10(2)5-7-11/h4-8H,3,9H2,1-2H3,(H2,16,17,18). The van der Waals surface area contributed by atoms with Gasteiger partial charge in [0, 0.05) is 11.1 Å². The van der Waals surface area contributed by atoms with Crippen LogP contribution in [0.3, 0.4) is 0 Å². The molecule has 2 aromatic rings. The van der Waals surface area contributed by atoms with Crippen molar-refractivity contribution in [2.75, 3.05) is 12.3 Å². The van der Waals surface area contributed by atoms with Gasteiger partial charge in [0.05, 0.1) is 12.4 Å². The summed E-state index contributed by atoms with van der Waals surface area (Å²) < 4.78 is 4.88. The lowest BCUT2D eigenvalue weighted by molar-refractivity contribution is 0.0526. The first kappa shape index (κ1) is 15.3. The van der Waals surface area contributed by atoms with E-state index in [-0.39, 0.29) is 11.4 Å². The van der Waals surface area contributed by atoms with Gasteiger partial charge in [0.2, 0.25) is 0 Å². The Morgan fingerprint density at radius 1 is 1.33 bits per heavy atom. The quantitative estimate of drug-likeness (QED) is 0.676. The molecule has 0 aliphatic heterocycles. The maximum absolute atomic E-state index is 11.6. The Labute approximate surface area is 127 Å². The fraction of sp³-hybridized carbons (Fsp3) is 0.267. The number of hydrogen-bond donors (Lipinski definition) is 1. The normalized spacial score (nSPS) is 10.4. The molecule has 1 aromatic carbocycles. The predicted octanol–water partition coefficient (Wildman–Crippen LogP) is 2.84. The van der Waals surface area contributed by atoms with Crippen molar-refractivity contribution in [2.45, 2.75) is 24.5 Å². The van der Waals surface area contributed by atoms with Gasteiger partial charge in [-0.15, -0.1) is 11.8 Å². The SMILES string of the molecule is CCOC(=O)c1cnc(CSc2ccc(C)cc2)nc1N. The highest BCUT2D eigenvalue weighted by molar-refractivity contribution is 7.98. The van der Waals surface area contributed by atoms with Gasteiger partial charge in [-0.25, -0.2) is 14.8 Å². The van der Waals surface area contributed by atoms with E-state index in [9.17, 15) is 4.79 Å². The van der Waals surface area contributed by atoms with Crippen LogP contribution in [0, 0.1) is 6.92 Å². The van der Waals surface area contributed by atoms with E-state index in [1.54, 1.807) is 18.7 Å². The lowest BCUT2D eigenvalue weighted by atomic mass is 10.2. The third-order valence-electron chi connectivity index (χ3n) is 2.75. The maximum Gasteiger partial charge on any atom is 0.343 e. The molecule has 0 fully saturated rings. The molecule has 0 atom stereocenters. The number of ether oxygens (including phenoxy) is 1. The second-order valence-corrected chi connectivity index (χ2v) is 5.46. The zero-order valence-electron chi connectivity index (χ0n) is 12.0. The monoisotopic (exact) mass is 303 g/mol. The van der Waals surface area contributed by atoms with Gasteiger partial charge < -0.3 is 10.5 Å². The molecule has 5 nitrogen and oxygen atoms in total. The molecule has 0 saturated carbocycles. The highest BCUT2D eigenvalue weighted by Crippen LogP contribution is 2.22. The van der Waals surface area contributed by atoms with Gasteiger partial charge >= 0.3 is 5.97 Å². The Kier molecular flexibility index (Phi) is 5.16. The molecule has 1 heterocycles. The number of hydrogen-bond acceptors (Lipinski definition) is 6. The Morgan fingerprint density at radius 3 is 2.67 bits per heavy atom. The minimum absolute atomic E-state index is 0.156. The number of carbonyl (C=O) groups excluding carboxylic acids is 1. The van der Waals surface area contributed by atoms with Crippen LogP contribution in [-0.2, 0) is 10.5 Å². The van der Waals surface area contributed by atoms with Crippen molar-refractivity contribution >= 4 is 23.5 Å². The first-order chi connectivity index (χ1) is 10.1. The van der Waals surface area contributed by atoms with Crippen LogP contribution in [0.15, 0.2) is 35.4 Å². The molecule has 6 heteroatoms. The summed E-state index contributed by atoms with van der Waals surface area (Å²) in [6, 6.07) is 8.22. The van der Waals surface area contributed by atoms with Crippen molar-refractivity contribution in [1.82, 2.24) is 9.97 Å². The van der Waals surface area contributed by atoms with Gasteiger partial charge in [-0.3, -0.25) is 0 Å².